The summed E-state index contributed by atoms with van der Waals surface area (Å²) < 4.78 is 5.41. The van der Waals surface area contributed by atoms with Crippen LogP contribution in [-0.4, -0.2) is 28.8 Å². The predicted octanol–water partition coefficient (Wildman–Crippen LogP) is 1.81. The van der Waals surface area contributed by atoms with Crippen LogP contribution in [0.2, 0.25) is 0 Å². The number of nitrogens with zero attached hydrogens (tertiary/aromatic N) is 1. The Hall–Kier alpha value is -4.13. The molecule has 1 aromatic heterocycles. The van der Waals surface area contributed by atoms with E-state index in [2.05, 4.69) is 15.3 Å². The van der Waals surface area contributed by atoms with Crippen molar-refractivity contribution in [2.24, 2.45) is 5.73 Å². The van der Waals surface area contributed by atoms with Crippen molar-refractivity contribution in [3.05, 3.63) is 89.5 Å². The zero-order chi connectivity index (χ0) is 21.8. The van der Waals surface area contributed by atoms with Gasteiger partial charge in [0.15, 0.2) is 0 Å². The first-order chi connectivity index (χ1) is 15.0. The zero-order valence-electron chi connectivity index (χ0n) is 17.2. The van der Waals surface area contributed by atoms with E-state index in [-0.39, 0.29) is 18.2 Å². The van der Waals surface area contributed by atoms with Gasteiger partial charge in [-0.1, -0.05) is 18.2 Å². The maximum absolute atomic E-state index is 12.7. The molecule has 0 bridgehead atoms. The van der Waals surface area contributed by atoms with Crippen molar-refractivity contribution in [2.45, 2.75) is 12.8 Å². The molecule has 6 N–H and O–H groups in total. The first-order valence-corrected chi connectivity index (χ1v) is 9.86. The molecule has 7 heteroatoms. The molecule has 31 heavy (non-hydrogen) atoms. The summed E-state index contributed by atoms with van der Waals surface area (Å²) in [5.41, 5.74) is 10.1. The van der Waals surface area contributed by atoms with Gasteiger partial charge >= 0.3 is 0 Å². The lowest BCUT2D eigenvalue weighted by molar-refractivity contribution is -0.116. The van der Waals surface area contributed by atoms with E-state index in [9.17, 15) is 4.79 Å². The first-order valence-electron chi connectivity index (χ1n) is 9.86. The molecule has 0 fully saturated rings. The Kier molecular flexibility index (Phi) is 5.66. The van der Waals surface area contributed by atoms with E-state index < -0.39 is 0 Å². The molecule has 0 aliphatic heterocycles. The lowest BCUT2D eigenvalue weighted by Gasteiger charge is -2.10. The van der Waals surface area contributed by atoms with Gasteiger partial charge in [-0.3, -0.25) is 15.9 Å². The Balaban J connectivity index is 1.49. The third-order valence-electron chi connectivity index (χ3n) is 5.03. The third-order valence-corrected chi connectivity index (χ3v) is 5.03. The fourth-order valence-electron chi connectivity index (χ4n) is 3.55. The third kappa shape index (κ3) is 4.90. The van der Waals surface area contributed by atoms with Crippen LogP contribution in [0.1, 0.15) is 22.4 Å². The van der Waals surface area contributed by atoms with Gasteiger partial charge < -0.3 is 15.0 Å². The molecule has 7 nitrogen and oxygen atoms in total. The molecule has 0 saturated heterocycles. The van der Waals surface area contributed by atoms with Crippen molar-refractivity contribution in [2.75, 3.05) is 12.4 Å². The Bertz CT molecular complexity index is 1250. The molecule has 156 valence electrons. The molecule has 0 atom stereocenters. The highest BCUT2D eigenvalue weighted by atomic mass is 16.5. The predicted molar refractivity (Wildman–Crippen MR) is 121 cm³/mol. The van der Waals surface area contributed by atoms with E-state index in [4.69, 9.17) is 15.9 Å². The molecular formula is C24H24N5O2+. The normalized spacial score (nSPS) is 10.7. The van der Waals surface area contributed by atoms with E-state index >= 15 is 0 Å². The second-order valence-corrected chi connectivity index (χ2v) is 7.40. The number of fused-ring (bicyclic) bond motifs is 1. The molecule has 0 spiro atoms. The van der Waals surface area contributed by atoms with Gasteiger partial charge in [-0.25, -0.2) is 4.98 Å². The summed E-state index contributed by atoms with van der Waals surface area (Å²) in [4.78, 5) is 19.8. The highest BCUT2D eigenvalue weighted by Gasteiger charge is 2.10. The molecule has 0 saturated carbocycles. The number of methoxy groups -OCH3 is 1. The van der Waals surface area contributed by atoms with Crippen molar-refractivity contribution in [1.82, 2.24) is 9.97 Å². The number of imidazole rings is 1. The number of benzene rings is 3. The number of aromatic amines is 1. The lowest BCUT2D eigenvalue weighted by Crippen LogP contribution is -2.46. The summed E-state index contributed by atoms with van der Waals surface area (Å²) in [7, 11) is 1.62. The minimum atomic E-state index is -0.101. The van der Waals surface area contributed by atoms with Crippen LogP contribution in [-0.2, 0) is 17.6 Å². The fourth-order valence-corrected chi connectivity index (χ4v) is 3.55. The van der Waals surface area contributed by atoms with Crippen molar-refractivity contribution in [3.8, 4) is 5.75 Å². The topological polar surface area (TPSA) is 119 Å². The standard InChI is InChI=1S/C24H23N5O2/c1-31-22-8-15(7-21-13-27-14-28-21)6-16(9-22)10-23(30)29-20-5-4-17-11-19(24(25)26)3-2-18(17)12-20/h2-6,8-9,11-14H,7,10H2,1H3,(H3,25,26)(H,27,28)(H,29,30)/p+1. The van der Waals surface area contributed by atoms with Crippen LogP contribution in [0.4, 0.5) is 5.69 Å². The van der Waals surface area contributed by atoms with Gasteiger partial charge in [0.05, 0.1) is 25.4 Å². The molecule has 0 radical (unpaired) electrons. The summed E-state index contributed by atoms with van der Waals surface area (Å²) in [5, 5.41) is 10.6. The van der Waals surface area contributed by atoms with Gasteiger partial charge in [-0.15, -0.1) is 0 Å². The van der Waals surface area contributed by atoms with Gasteiger partial charge in [0.2, 0.25) is 5.91 Å². The van der Waals surface area contributed by atoms with Crippen LogP contribution in [0.15, 0.2) is 67.1 Å². The smallest absolute Gasteiger partial charge is 0.270 e. The molecule has 1 amide bonds. The number of aromatic nitrogens is 2. The molecule has 1 heterocycles. The maximum Gasteiger partial charge on any atom is 0.270 e. The van der Waals surface area contributed by atoms with E-state index in [1.807, 2.05) is 54.6 Å². The van der Waals surface area contributed by atoms with Crippen LogP contribution >= 0.6 is 0 Å². The largest absolute Gasteiger partial charge is 0.497 e. The monoisotopic (exact) mass is 414 g/mol. The van der Waals surface area contributed by atoms with E-state index in [0.717, 1.165) is 44.6 Å². The first kappa shape index (κ1) is 20.2. The molecule has 0 unspecified atom stereocenters. The van der Waals surface area contributed by atoms with Crippen molar-refractivity contribution in [3.63, 3.8) is 0 Å². The number of nitrogens with two attached hydrogens (primary N) is 2. The molecular weight excluding hydrogens is 390 g/mol. The number of hydrogen-bond acceptors (Lipinski definition) is 3. The molecule has 3 aromatic carbocycles. The zero-order valence-corrected chi connectivity index (χ0v) is 17.2. The number of carbonyl (C=O) groups excluding carboxylic acids is 1. The molecule has 0 aliphatic carbocycles. The minimum Gasteiger partial charge on any atom is -0.497 e. The van der Waals surface area contributed by atoms with Crippen LogP contribution < -0.4 is 21.2 Å². The maximum atomic E-state index is 12.7. The van der Waals surface area contributed by atoms with Crippen molar-refractivity contribution >= 4 is 28.2 Å². The van der Waals surface area contributed by atoms with Gasteiger partial charge in [-0.05, 0) is 58.3 Å². The Morgan fingerprint density at radius 2 is 1.87 bits per heavy atom. The molecule has 0 aliphatic rings. The minimum absolute atomic E-state index is 0.101. The number of rotatable bonds is 7. The number of H-pyrrole nitrogens is 1. The number of amidine groups is 1. The fraction of sp³-hybridized carbons (Fsp3) is 0.125. The van der Waals surface area contributed by atoms with E-state index in [1.54, 1.807) is 19.6 Å². The van der Waals surface area contributed by atoms with Crippen LogP contribution in [0.3, 0.4) is 0 Å². The number of amides is 1. The van der Waals surface area contributed by atoms with Gasteiger partial charge in [-0.2, -0.15) is 0 Å². The highest BCUT2D eigenvalue weighted by molar-refractivity contribution is 5.99. The van der Waals surface area contributed by atoms with Crippen molar-refractivity contribution < 1.29 is 14.9 Å². The Morgan fingerprint density at radius 1 is 1.10 bits per heavy atom. The van der Waals surface area contributed by atoms with Crippen LogP contribution in [0.5, 0.6) is 5.75 Å². The summed E-state index contributed by atoms with van der Waals surface area (Å²) in [6.07, 6.45) is 4.36. The van der Waals surface area contributed by atoms with E-state index in [0.29, 0.717) is 6.42 Å². The van der Waals surface area contributed by atoms with E-state index in [1.165, 1.54) is 0 Å². The van der Waals surface area contributed by atoms with Gasteiger partial charge in [0.25, 0.3) is 5.84 Å². The Labute approximate surface area is 179 Å². The number of ether oxygens (including phenoxy) is 1. The summed E-state index contributed by atoms with van der Waals surface area (Å²) >= 11 is 0. The second-order valence-electron chi connectivity index (χ2n) is 7.40. The van der Waals surface area contributed by atoms with Gasteiger partial charge in [0.1, 0.15) is 5.75 Å². The lowest BCUT2D eigenvalue weighted by atomic mass is 10.0. The molecule has 4 aromatic rings. The summed E-state index contributed by atoms with van der Waals surface area (Å²) in [6, 6.07) is 17.3. The van der Waals surface area contributed by atoms with Crippen LogP contribution in [0.25, 0.3) is 10.8 Å². The summed E-state index contributed by atoms with van der Waals surface area (Å²) in [6.45, 7) is 0. The number of nitrogens with one attached hydrogen (secondary N) is 2. The number of hydrogen-bond donors (Lipinski definition) is 4. The summed E-state index contributed by atoms with van der Waals surface area (Å²) in [5.74, 6) is 0.901. The average Bonchev–Trinajstić information content (AvgIpc) is 3.25. The molecule has 4 rings (SSSR count). The number of anilines is 1. The van der Waals surface area contributed by atoms with Crippen molar-refractivity contribution in [1.29, 1.82) is 0 Å². The number of carbonyl (C=O) groups is 1. The van der Waals surface area contributed by atoms with Gasteiger partial charge in [0, 0.05) is 24.0 Å². The quantitative estimate of drug-likeness (QED) is 0.272. The second kappa shape index (κ2) is 8.71. The SMILES string of the molecule is COc1cc(CC(=O)Nc2ccc3cc(C(N)=[NH2+])ccc3c2)cc(Cc2cnc[nH]2)c1. The Morgan fingerprint density at radius 3 is 2.61 bits per heavy atom. The highest BCUT2D eigenvalue weighted by Crippen LogP contribution is 2.22. The van der Waals surface area contributed by atoms with Crippen LogP contribution in [0, 0.1) is 0 Å². The average molecular weight is 414 g/mol.